The summed E-state index contributed by atoms with van der Waals surface area (Å²) < 4.78 is 1.04. The van der Waals surface area contributed by atoms with E-state index >= 15 is 0 Å². The van der Waals surface area contributed by atoms with Crippen LogP contribution in [-0.2, 0) is 0 Å². The predicted molar refractivity (Wildman–Crippen MR) is 91.8 cm³/mol. The minimum absolute atomic E-state index is 0.0179. The molecule has 2 aromatic carbocycles. The molecule has 0 fully saturated rings. The minimum Gasteiger partial charge on any atom is -0.345 e. The third-order valence-electron chi connectivity index (χ3n) is 3.46. The Morgan fingerprint density at radius 3 is 2.67 bits per heavy atom. The lowest BCUT2D eigenvalue weighted by molar-refractivity contribution is 0.0940. The van der Waals surface area contributed by atoms with E-state index < -0.39 is 0 Å². The average Bonchev–Trinajstić information content (AvgIpc) is 3.01. The first kappa shape index (κ1) is 14.3. The molecule has 1 N–H and O–H groups in total. The van der Waals surface area contributed by atoms with E-state index in [1.807, 2.05) is 54.8 Å². The van der Waals surface area contributed by atoms with Gasteiger partial charge in [-0.1, -0.05) is 28.1 Å². The number of hydrogen-bond donors (Lipinski definition) is 1. The lowest BCUT2D eigenvalue weighted by atomic mass is 10.1. The number of amides is 1. The second kappa shape index (κ2) is 6.00. The molecule has 0 saturated heterocycles. The molecular weight excluding hydrogens is 346 g/mol. The third-order valence-corrected chi connectivity index (χ3v) is 4.65. The van der Waals surface area contributed by atoms with Crippen LogP contribution in [0.3, 0.4) is 0 Å². The Labute approximate surface area is 135 Å². The molecule has 1 heterocycles. The zero-order valence-electron chi connectivity index (χ0n) is 11.5. The minimum atomic E-state index is -0.0430. The van der Waals surface area contributed by atoms with Crippen molar-refractivity contribution >= 4 is 43.9 Å². The smallest absolute Gasteiger partial charge is 0.251 e. The standard InChI is InChI=1S/C17H14BrNOS/c1-11(15-6-7-21-10-15)19-17(20)14-3-2-13-9-16(18)5-4-12(13)8-14/h2-11H,1H3,(H,19,20). The molecule has 0 saturated carbocycles. The largest absolute Gasteiger partial charge is 0.345 e. The predicted octanol–water partition coefficient (Wildman–Crippen LogP) is 5.15. The van der Waals surface area contributed by atoms with Gasteiger partial charge in [0, 0.05) is 10.0 Å². The number of thiophene rings is 1. The molecule has 0 spiro atoms. The summed E-state index contributed by atoms with van der Waals surface area (Å²) in [4.78, 5) is 12.3. The molecule has 3 rings (SSSR count). The first-order valence-electron chi connectivity index (χ1n) is 6.66. The summed E-state index contributed by atoms with van der Waals surface area (Å²) >= 11 is 5.09. The third kappa shape index (κ3) is 3.17. The van der Waals surface area contributed by atoms with E-state index in [1.165, 1.54) is 0 Å². The van der Waals surface area contributed by atoms with E-state index in [4.69, 9.17) is 0 Å². The average molecular weight is 360 g/mol. The molecular formula is C17H14BrNOS. The highest BCUT2D eigenvalue weighted by Crippen LogP contribution is 2.22. The van der Waals surface area contributed by atoms with Gasteiger partial charge in [0.25, 0.3) is 5.91 Å². The first-order valence-corrected chi connectivity index (χ1v) is 8.39. The van der Waals surface area contributed by atoms with Crippen molar-refractivity contribution in [3.8, 4) is 0 Å². The van der Waals surface area contributed by atoms with E-state index in [1.54, 1.807) is 11.3 Å². The summed E-state index contributed by atoms with van der Waals surface area (Å²) in [6.45, 7) is 2.00. The van der Waals surface area contributed by atoms with Crippen molar-refractivity contribution in [3.05, 3.63) is 68.8 Å². The number of hydrogen-bond acceptors (Lipinski definition) is 2. The number of halogens is 1. The monoisotopic (exact) mass is 359 g/mol. The van der Waals surface area contributed by atoms with E-state index in [2.05, 4.69) is 26.6 Å². The van der Waals surface area contributed by atoms with E-state index in [0.29, 0.717) is 5.56 Å². The van der Waals surface area contributed by atoms with Crippen molar-refractivity contribution < 1.29 is 4.79 Å². The molecule has 106 valence electrons. The number of carbonyl (C=O) groups is 1. The van der Waals surface area contributed by atoms with Crippen LogP contribution < -0.4 is 5.32 Å². The Bertz CT molecular complexity index is 783. The highest BCUT2D eigenvalue weighted by Gasteiger charge is 2.12. The molecule has 1 unspecified atom stereocenters. The summed E-state index contributed by atoms with van der Waals surface area (Å²) in [5.74, 6) is -0.0430. The first-order chi connectivity index (χ1) is 10.1. The van der Waals surface area contributed by atoms with Crippen LogP contribution in [0.1, 0.15) is 28.9 Å². The van der Waals surface area contributed by atoms with Crippen molar-refractivity contribution in [2.45, 2.75) is 13.0 Å². The topological polar surface area (TPSA) is 29.1 Å². The van der Waals surface area contributed by atoms with Gasteiger partial charge in [0.05, 0.1) is 6.04 Å². The zero-order valence-corrected chi connectivity index (χ0v) is 13.9. The van der Waals surface area contributed by atoms with Crippen LogP contribution in [0.2, 0.25) is 0 Å². The van der Waals surface area contributed by atoms with Crippen molar-refractivity contribution in [2.24, 2.45) is 0 Å². The number of benzene rings is 2. The van der Waals surface area contributed by atoms with Crippen LogP contribution in [0.15, 0.2) is 57.7 Å². The molecule has 0 aliphatic heterocycles. The quantitative estimate of drug-likeness (QED) is 0.687. The van der Waals surface area contributed by atoms with Gasteiger partial charge < -0.3 is 5.32 Å². The van der Waals surface area contributed by atoms with Crippen LogP contribution in [0.4, 0.5) is 0 Å². The van der Waals surface area contributed by atoms with Gasteiger partial charge in [0.1, 0.15) is 0 Å². The Kier molecular flexibility index (Phi) is 4.08. The fourth-order valence-electron chi connectivity index (χ4n) is 2.24. The SMILES string of the molecule is CC(NC(=O)c1ccc2cc(Br)ccc2c1)c1ccsc1. The molecule has 1 amide bonds. The van der Waals surface area contributed by atoms with E-state index in [0.717, 1.165) is 20.8 Å². The van der Waals surface area contributed by atoms with Gasteiger partial charge in [-0.2, -0.15) is 11.3 Å². The zero-order chi connectivity index (χ0) is 14.8. The van der Waals surface area contributed by atoms with Crippen LogP contribution in [0.5, 0.6) is 0 Å². The molecule has 0 aliphatic carbocycles. The Balaban J connectivity index is 1.83. The fourth-order valence-corrected chi connectivity index (χ4v) is 3.38. The number of fused-ring (bicyclic) bond motifs is 1. The molecule has 21 heavy (non-hydrogen) atoms. The maximum absolute atomic E-state index is 12.3. The molecule has 3 aromatic rings. The van der Waals surface area contributed by atoms with Crippen molar-refractivity contribution in [3.63, 3.8) is 0 Å². The Hall–Kier alpha value is -1.65. The number of nitrogens with one attached hydrogen (secondary N) is 1. The molecule has 2 nitrogen and oxygen atoms in total. The molecule has 0 radical (unpaired) electrons. The van der Waals surface area contributed by atoms with Gasteiger partial charge in [-0.15, -0.1) is 0 Å². The second-order valence-electron chi connectivity index (χ2n) is 4.96. The maximum Gasteiger partial charge on any atom is 0.251 e. The summed E-state index contributed by atoms with van der Waals surface area (Å²) in [6, 6.07) is 13.9. The molecule has 1 atom stereocenters. The molecule has 1 aromatic heterocycles. The summed E-state index contributed by atoms with van der Waals surface area (Å²) in [7, 11) is 0. The van der Waals surface area contributed by atoms with Crippen molar-refractivity contribution in [2.75, 3.05) is 0 Å². The van der Waals surface area contributed by atoms with Crippen LogP contribution in [0.25, 0.3) is 10.8 Å². The summed E-state index contributed by atoms with van der Waals surface area (Å²) in [6.07, 6.45) is 0. The van der Waals surface area contributed by atoms with Gasteiger partial charge in [0.2, 0.25) is 0 Å². The molecule has 4 heteroatoms. The maximum atomic E-state index is 12.3. The van der Waals surface area contributed by atoms with E-state index in [9.17, 15) is 4.79 Å². The van der Waals surface area contributed by atoms with Crippen LogP contribution in [-0.4, -0.2) is 5.91 Å². The Morgan fingerprint density at radius 2 is 1.90 bits per heavy atom. The van der Waals surface area contributed by atoms with Gasteiger partial charge in [-0.05, 0) is 64.4 Å². The van der Waals surface area contributed by atoms with Gasteiger partial charge >= 0.3 is 0 Å². The molecule has 0 aliphatic rings. The molecule has 0 bridgehead atoms. The van der Waals surface area contributed by atoms with E-state index in [-0.39, 0.29) is 11.9 Å². The summed E-state index contributed by atoms with van der Waals surface area (Å²) in [5.41, 5.74) is 1.82. The number of carbonyl (C=O) groups excluding carboxylic acids is 1. The normalized spacial score (nSPS) is 12.3. The highest BCUT2D eigenvalue weighted by molar-refractivity contribution is 9.10. The summed E-state index contributed by atoms with van der Waals surface area (Å²) in [5, 5.41) is 9.29. The van der Waals surface area contributed by atoms with Crippen molar-refractivity contribution in [1.82, 2.24) is 5.32 Å². The lowest BCUT2D eigenvalue weighted by Crippen LogP contribution is -2.26. The second-order valence-corrected chi connectivity index (χ2v) is 6.65. The van der Waals surface area contributed by atoms with Gasteiger partial charge in [-0.3, -0.25) is 4.79 Å². The highest BCUT2D eigenvalue weighted by atomic mass is 79.9. The van der Waals surface area contributed by atoms with Gasteiger partial charge in [0.15, 0.2) is 0 Å². The lowest BCUT2D eigenvalue weighted by Gasteiger charge is -2.13. The van der Waals surface area contributed by atoms with Gasteiger partial charge in [-0.25, -0.2) is 0 Å². The van der Waals surface area contributed by atoms with Crippen LogP contribution in [0, 0.1) is 0 Å². The number of rotatable bonds is 3. The Morgan fingerprint density at radius 1 is 1.14 bits per heavy atom. The van der Waals surface area contributed by atoms with Crippen LogP contribution >= 0.6 is 27.3 Å². The van der Waals surface area contributed by atoms with Crippen molar-refractivity contribution in [1.29, 1.82) is 0 Å². The fraction of sp³-hybridized carbons (Fsp3) is 0.118.